The summed E-state index contributed by atoms with van der Waals surface area (Å²) in [6.45, 7) is 3.15. The average molecular weight is 180 g/mol. The molecule has 3 nitrogen and oxygen atoms in total. The molecule has 0 spiro atoms. The second-order valence-electron chi connectivity index (χ2n) is 3.04. The average Bonchev–Trinajstić information content (AvgIpc) is 2.13. The topological polar surface area (TPSA) is 45.1 Å². The highest BCUT2D eigenvalue weighted by Gasteiger charge is 1.91. The van der Waals surface area contributed by atoms with E-state index in [1.807, 2.05) is 19.1 Å². The molecule has 0 aromatic carbocycles. The molecule has 0 aliphatic heterocycles. The molecule has 0 saturated carbocycles. The van der Waals surface area contributed by atoms with E-state index in [1.54, 1.807) is 6.20 Å². The Hall–Kier alpha value is -1.09. The van der Waals surface area contributed by atoms with Gasteiger partial charge in [0.15, 0.2) is 0 Å². The number of hydrogen-bond donors (Lipinski definition) is 2. The summed E-state index contributed by atoms with van der Waals surface area (Å²) >= 11 is 0. The molecule has 0 fully saturated rings. The molecule has 3 heteroatoms. The van der Waals surface area contributed by atoms with Gasteiger partial charge >= 0.3 is 0 Å². The first-order valence-corrected chi connectivity index (χ1v) is 4.60. The number of aromatic nitrogens is 1. The number of aryl methyl sites for hydroxylation is 1. The van der Waals surface area contributed by atoms with Crippen molar-refractivity contribution in [1.29, 1.82) is 0 Å². The van der Waals surface area contributed by atoms with Crippen LogP contribution in [0, 0.1) is 6.92 Å². The maximum Gasteiger partial charge on any atom is 0.0431 e. The Morgan fingerprint density at radius 2 is 2.31 bits per heavy atom. The minimum atomic E-state index is 0.275. The van der Waals surface area contributed by atoms with Gasteiger partial charge in [0.1, 0.15) is 0 Å². The standard InChI is InChI=1S/C10H16N2O/c1-9-8-10(4-6-11-9)12-5-2-3-7-13/h4,6,8,13H,2-3,5,7H2,1H3,(H,11,12). The van der Waals surface area contributed by atoms with Crippen LogP contribution in [0.1, 0.15) is 18.5 Å². The molecule has 1 aromatic rings. The van der Waals surface area contributed by atoms with Gasteiger partial charge in [-0.05, 0) is 31.9 Å². The third-order valence-corrected chi connectivity index (χ3v) is 1.81. The van der Waals surface area contributed by atoms with Gasteiger partial charge < -0.3 is 10.4 Å². The Morgan fingerprint density at radius 1 is 1.46 bits per heavy atom. The van der Waals surface area contributed by atoms with Crippen molar-refractivity contribution in [3.63, 3.8) is 0 Å². The Labute approximate surface area is 78.8 Å². The fraction of sp³-hybridized carbons (Fsp3) is 0.500. The number of nitrogens with zero attached hydrogens (tertiary/aromatic N) is 1. The van der Waals surface area contributed by atoms with Crippen LogP contribution in [0.4, 0.5) is 5.69 Å². The van der Waals surface area contributed by atoms with E-state index < -0.39 is 0 Å². The monoisotopic (exact) mass is 180 g/mol. The third kappa shape index (κ3) is 3.90. The molecule has 72 valence electrons. The van der Waals surface area contributed by atoms with Crippen LogP contribution in [0.5, 0.6) is 0 Å². The zero-order chi connectivity index (χ0) is 9.52. The summed E-state index contributed by atoms with van der Waals surface area (Å²) in [7, 11) is 0. The zero-order valence-corrected chi connectivity index (χ0v) is 7.95. The van der Waals surface area contributed by atoms with Crippen LogP contribution in [0.2, 0.25) is 0 Å². The van der Waals surface area contributed by atoms with Gasteiger partial charge in [-0.2, -0.15) is 0 Å². The van der Waals surface area contributed by atoms with Gasteiger partial charge in [-0.3, -0.25) is 4.98 Å². The number of rotatable bonds is 5. The molecule has 0 radical (unpaired) electrons. The first kappa shape index (κ1) is 9.99. The normalized spacial score (nSPS) is 10.0. The van der Waals surface area contributed by atoms with Crippen molar-refractivity contribution in [1.82, 2.24) is 4.98 Å². The minimum Gasteiger partial charge on any atom is -0.396 e. The van der Waals surface area contributed by atoms with Crippen LogP contribution in [-0.2, 0) is 0 Å². The van der Waals surface area contributed by atoms with Gasteiger partial charge in [0.2, 0.25) is 0 Å². The Balaban J connectivity index is 2.28. The van der Waals surface area contributed by atoms with E-state index in [2.05, 4.69) is 10.3 Å². The quantitative estimate of drug-likeness (QED) is 0.676. The molecule has 0 bridgehead atoms. The maximum absolute atomic E-state index is 8.57. The minimum absolute atomic E-state index is 0.275. The van der Waals surface area contributed by atoms with E-state index in [4.69, 9.17) is 5.11 Å². The summed E-state index contributed by atoms with van der Waals surface area (Å²) in [5.74, 6) is 0. The summed E-state index contributed by atoms with van der Waals surface area (Å²) in [6, 6.07) is 3.96. The van der Waals surface area contributed by atoms with E-state index in [1.165, 1.54) is 0 Å². The number of anilines is 1. The van der Waals surface area contributed by atoms with Gasteiger partial charge in [-0.1, -0.05) is 0 Å². The number of aliphatic hydroxyl groups is 1. The van der Waals surface area contributed by atoms with Crippen LogP contribution in [0.3, 0.4) is 0 Å². The lowest BCUT2D eigenvalue weighted by atomic mass is 10.3. The fourth-order valence-corrected chi connectivity index (χ4v) is 1.13. The molecule has 0 saturated heterocycles. The molecule has 1 heterocycles. The van der Waals surface area contributed by atoms with Crippen molar-refractivity contribution in [3.8, 4) is 0 Å². The summed E-state index contributed by atoms with van der Waals surface area (Å²) in [5, 5.41) is 11.8. The van der Waals surface area contributed by atoms with Gasteiger partial charge in [-0.25, -0.2) is 0 Å². The lowest BCUT2D eigenvalue weighted by Gasteiger charge is -2.05. The number of unbranched alkanes of at least 4 members (excludes halogenated alkanes) is 1. The molecule has 1 rings (SSSR count). The second kappa shape index (κ2) is 5.54. The van der Waals surface area contributed by atoms with Crippen LogP contribution < -0.4 is 5.32 Å². The molecule has 1 aromatic heterocycles. The van der Waals surface area contributed by atoms with E-state index in [-0.39, 0.29) is 6.61 Å². The highest BCUT2D eigenvalue weighted by Crippen LogP contribution is 2.06. The van der Waals surface area contributed by atoms with Crippen LogP contribution in [0.25, 0.3) is 0 Å². The van der Waals surface area contributed by atoms with Crippen LogP contribution in [-0.4, -0.2) is 23.2 Å². The predicted octanol–water partition coefficient (Wildman–Crippen LogP) is 1.57. The molecule has 2 N–H and O–H groups in total. The molecule has 0 amide bonds. The van der Waals surface area contributed by atoms with Gasteiger partial charge in [0.25, 0.3) is 0 Å². The molecule has 0 unspecified atom stereocenters. The smallest absolute Gasteiger partial charge is 0.0431 e. The molecule has 0 atom stereocenters. The fourth-order valence-electron chi connectivity index (χ4n) is 1.13. The zero-order valence-electron chi connectivity index (χ0n) is 7.95. The van der Waals surface area contributed by atoms with E-state index in [9.17, 15) is 0 Å². The SMILES string of the molecule is Cc1cc(NCCCCO)ccn1. The lowest BCUT2D eigenvalue weighted by molar-refractivity contribution is 0.286. The maximum atomic E-state index is 8.57. The number of aliphatic hydroxyl groups excluding tert-OH is 1. The largest absolute Gasteiger partial charge is 0.396 e. The third-order valence-electron chi connectivity index (χ3n) is 1.81. The molecule has 13 heavy (non-hydrogen) atoms. The summed E-state index contributed by atoms with van der Waals surface area (Å²) in [4.78, 5) is 4.10. The summed E-state index contributed by atoms with van der Waals surface area (Å²) in [6.07, 6.45) is 3.65. The van der Waals surface area contributed by atoms with E-state index >= 15 is 0 Å². The van der Waals surface area contributed by atoms with Crippen molar-refractivity contribution >= 4 is 5.69 Å². The van der Waals surface area contributed by atoms with Crippen LogP contribution in [0.15, 0.2) is 18.3 Å². The molecular formula is C10H16N2O. The molecule has 0 aliphatic carbocycles. The Bertz CT molecular complexity index is 250. The van der Waals surface area contributed by atoms with Gasteiger partial charge in [-0.15, -0.1) is 0 Å². The Morgan fingerprint density at radius 3 is 3.00 bits per heavy atom. The second-order valence-corrected chi connectivity index (χ2v) is 3.04. The van der Waals surface area contributed by atoms with Crippen molar-refractivity contribution in [2.45, 2.75) is 19.8 Å². The highest BCUT2D eigenvalue weighted by atomic mass is 16.2. The molecule has 0 aliphatic rings. The number of nitrogens with one attached hydrogen (secondary N) is 1. The lowest BCUT2D eigenvalue weighted by Crippen LogP contribution is -2.02. The van der Waals surface area contributed by atoms with E-state index in [0.717, 1.165) is 30.8 Å². The van der Waals surface area contributed by atoms with E-state index in [0.29, 0.717) is 0 Å². The highest BCUT2D eigenvalue weighted by molar-refractivity contribution is 5.42. The van der Waals surface area contributed by atoms with Crippen molar-refractivity contribution < 1.29 is 5.11 Å². The predicted molar refractivity (Wildman–Crippen MR) is 53.8 cm³/mol. The van der Waals surface area contributed by atoms with Crippen molar-refractivity contribution in [3.05, 3.63) is 24.0 Å². The van der Waals surface area contributed by atoms with Crippen molar-refractivity contribution in [2.24, 2.45) is 0 Å². The summed E-state index contributed by atoms with van der Waals surface area (Å²) in [5.41, 5.74) is 2.12. The number of hydrogen-bond acceptors (Lipinski definition) is 3. The van der Waals surface area contributed by atoms with Gasteiger partial charge in [0.05, 0.1) is 0 Å². The number of pyridine rings is 1. The first-order chi connectivity index (χ1) is 6.33. The van der Waals surface area contributed by atoms with Crippen molar-refractivity contribution in [2.75, 3.05) is 18.5 Å². The summed E-state index contributed by atoms with van der Waals surface area (Å²) < 4.78 is 0. The first-order valence-electron chi connectivity index (χ1n) is 4.60. The van der Waals surface area contributed by atoms with Gasteiger partial charge in [0, 0.05) is 30.7 Å². The molecular weight excluding hydrogens is 164 g/mol. The Kier molecular flexibility index (Phi) is 4.26. The van der Waals surface area contributed by atoms with Crippen LogP contribution >= 0.6 is 0 Å².